The number of nitrogens with zero attached hydrogens (tertiary/aromatic N) is 1. The Balaban J connectivity index is 1.55. The summed E-state index contributed by atoms with van der Waals surface area (Å²) in [6.45, 7) is 0.590. The molecule has 1 heterocycles. The first kappa shape index (κ1) is 17.3. The summed E-state index contributed by atoms with van der Waals surface area (Å²) in [5.41, 5.74) is 12.9. The fraction of sp³-hybridized carbons (Fsp3) is 0.125. The molecule has 27 heavy (non-hydrogen) atoms. The SMILES string of the molecule is NCc1ccc(CCc2ccccc2-c2cnc(-c3ccccc3)[nH]2)cc1. The highest BCUT2D eigenvalue weighted by Crippen LogP contribution is 2.26. The van der Waals surface area contributed by atoms with Crippen molar-refractivity contribution in [3.63, 3.8) is 0 Å². The molecule has 0 bridgehead atoms. The molecule has 0 aliphatic carbocycles. The molecule has 0 aliphatic heterocycles. The summed E-state index contributed by atoms with van der Waals surface area (Å²) >= 11 is 0. The highest BCUT2D eigenvalue weighted by molar-refractivity contribution is 5.67. The number of aromatic amines is 1. The van der Waals surface area contributed by atoms with Gasteiger partial charge in [-0.25, -0.2) is 4.98 Å². The maximum atomic E-state index is 5.68. The third-order valence-corrected chi connectivity index (χ3v) is 4.87. The molecule has 134 valence electrons. The van der Waals surface area contributed by atoms with E-state index in [-0.39, 0.29) is 0 Å². The van der Waals surface area contributed by atoms with Crippen LogP contribution in [0.15, 0.2) is 85.1 Å². The molecule has 1 aromatic heterocycles. The first-order chi connectivity index (χ1) is 13.3. The monoisotopic (exact) mass is 353 g/mol. The lowest BCUT2D eigenvalue weighted by Gasteiger charge is -2.08. The van der Waals surface area contributed by atoms with Gasteiger partial charge in [0, 0.05) is 17.7 Å². The van der Waals surface area contributed by atoms with Crippen molar-refractivity contribution in [2.75, 3.05) is 0 Å². The quantitative estimate of drug-likeness (QED) is 0.513. The van der Waals surface area contributed by atoms with Crippen molar-refractivity contribution in [3.8, 4) is 22.6 Å². The lowest BCUT2D eigenvalue weighted by atomic mass is 9.98. The van der Waals surface area contributed by atoms with E-state index < -0.39 is 0 Å². The molecule has 4 rings (SSSR count). The van der Waals surface area contributed by atoms with E-state index >= 15 is 0 Å². The molecule has 0 unspecified atom stereocenters. The zero-order chi connectivity index (χ0) is 18.5. The Morgan fingerprint density at radius 2 is 1.44 bits per heavy atom. The number of hydrogen-bond donors (Lipinski definition) is 2. The van der Waals surface area contributed by atoms with Gasteiger partial charge in [0.25, 0.3) is 0 Å². The molecule has 0 aliphatic rings. The van der Waals surface area contributed by atoms with Gasteiger partial charge in [0.1, 0.15) is 5.82 Å². The Hall–Kier alpha value is -3.17. The Kier molecular flexibility index (Phi) is 5.13. The zero-order valence-corrected chi connectivity index (χ0v) is 15.2. The summed E-state index contributed by atoms with van der Waals surface area (Å²) in [6, 6.07) is 27.3. The summed E-state index contributed by atoms with van der Waals surface area (Å²) in [5, 5.41) is 0. The lowest BCUT2D eigenvalue weighted by Crippen LogP contribution is -1.97. The van der Waals surface area contributed by atoms with E-state index in [2.05, 4.69) is 70.6 Å². The van der Waals surface area contributed by atoms with Gasteiger partial charge in [-0.1, -0.05) is 78.9 Å². The minimum absolute atomic E-state index is 0.590. The van der Waals surface area contributed by atoms with Gasteiger partial charge in [0.05, 0.1) is 11.9 Å². The van der Waals surface area contributed by atoms with E-state index in [1.54, 1.807) is 0 Å². The van der Waals surface area contributed by atoms with Crippen LogP contribution in [0.4, 0.5) is 0 Å². The van der Waals surface area contributed by atoms with Crippen LogP contribution in [0.2, 0.25) is 0 Å². The van der Waals surface area contributed by atoms with E-state index in [4.69, 9.17) is 5.73 Å². The Labute approximate surface area is 159 Å². The molecule has 0 fully saturated rings. The van der Waals surface area contributed by atoms with E-state index in [9.17, 15) is 0 Å². The number of aryl methyl sites for hydroxylation is 2. The van der Waals surface area contributed by atoms with Crippen molar-refractivity contribution in [1.82, 2.24) is 9.97 Å². The van der Waals surface area contributed by atoms with Crippen LogP contribution in [0.25, 0.3) is 22.6 Å². The summed E-state index contributed by atoms with van der Waals surface area (Å²) in [5.74, 6) is 0.901. The molecule has 3 nitrogen and oxygen atoms in total. The summed E-state index contributed by atoms with van der Waals surface area (Å²) in [4.78, 5) is 8.05. The fourth-order valence-electron chi connectivity index (χ4n) is 3.32. The van der Waals surface area contributed by atoms with Gasteiger partial charge in [0.2, 0.25) is 0 Å². The Bertz CT molecular complexity index is 1000. The van der Waals surface area contributed by atoms with Gasteiger partial charge in [-0.2, -0.15) is 0 Å². The van der Waals surface area contributed by atoms with Crippen molar-refractivity contribution in [2.45, 2.75) is 19.4 Å². The van der Waals surface area contributed by atoms with Crippen LogP contribution in [0, 0.1) is 0 Å². The predicted molar refractivity (Wildman–Crippen MR) is 111 cm³/mol. The first-order valence-electron chi connectivity index (χ1n) is 9.30. The summed E-state index contributed by atoms with van der Waals surface area (Å²) in [6.07, 6.45) is 3.91. The third-order valence-electron chi connectivity index (χ3n) is 4.87. The topological polar surface area (TPSA) is 54.7 Å². The molecular formula is C24H23N3. The normalized spacial score (nSPS) is 10.9. The van der Waals surface area contributed by atoms with Crippen molar-refractivity contribution < 1.29 is 0 Å². The van der Waals surface area contributed by atoms with E-state index in [1.165, 1.54) is 22.3 Å². The third kappa shape index (κ3) is 3.99. The number of nitrogens with two attached hydrogens (primary N) is 1. The molecule has 4 aromatic rings. The first-order valence-corrected chi connectivity index (χ1v) is 9.30. The molecule has 3 heteroatoms. The number of hydrogen-bond acceptors (Lipinski definition) is 2. The zero-order valence-electron chi connectivity index (χ0n) is 15.2. The van der Waals surface area contributed by atoms with Crippen molar-refractivity contribution in [3.05, 3.63) is 102 Å². The van der Waals surface area contributed by atoms with Crippen LogP contribution >= 0.6 is 0 Å². The molecule has 0 atom stereocenters. The Morgan fingerprint density at radius 3 is 2.22 bits per heavy atom. The molecule has 0 amide bonds. The van der Waals surface area contributed by atoms with Crippen LogP contribution in [0.5, 0.6) is 0 Å². The number of benzene rings is 3. The molecule has 0 saturated carbocycles. The van der Waals surface area contributed by atoms with Gasteiger partial charge < -0.3 is 10.7 Å². The van der Waals surface area contributed by atoms with Crippen molar-refractivity contribution >= 4 is 0 Å². The minimum Gasteiger partial charge on any atom is -0.338 e. The van der Waals surface area contributed by atoms with Crippen LogP contribution < -0.4 is 5.73 Å². The highest BCUT2D eigenvalue weighted by atomic mass is 14.9. The molecule has 3 N–H and O–H groups in total. The number of nitrogens with one attached hydrogen (secondary N) is 1. The summed E-state index contributed by atoms with van der Waals surface area (Å²) in [7, 11) is 0. The van der Waals surface area contributed by atoms with Gasteiger partial charge >= 0.3 is 0 Å². The fourth-order valence-corrected chi connectivity index (χ4v) is 3.32. The maximum absolute atomic E-state index is 5.68. The lowest BCUT2D eigenvalue weighted by molar-refractivity contribution is 0.956. The highest BCUT2D eigenvalue weighted by Gasteiger charge is 2.09. The molecule has 0 saturated heterocycles. The number of H-pyrrole nitrogens is 1. The van der Waals surface area contributed by atoms with Crippen LogP contribution in [0.1, 0.15) is 16.7 Å². The van der Waals surface area contributed by atoms with Crippen molar-refractivity contribution in [2.24, 2.45) is 5.73 Å². The van der Waals surface area contributed by atoms with Crippen LogP contribution in [0.3, 0.4) is 0 Å². The molecule has 0 spiro atoms. The second-order valence-corrected chi connectivity index (χ2v) is 6.69. The van der Waals surface area contributed by atoms with Crippen LogP contribution in [-0.2, 0) is 19.4 Å². The maximum Gasteiger partial charge on any atom is 0.137 e. The molecule has 0 radical (unpaired) electrons. The summed E-state index contributed by atoms with van der Waals surface area (Å²) < 4.78 is 0. The average Bonchev–Trinajstić information content (AvgIpc) is 3.23. The van der Waals surface area contributed by atoms with Crippen molar-refractivity contribution in [1.29, 1.82) is 0 Å². The standard InChI is InChI=1S/C24H23N3/c25-16-19-12-10-18(11-13-19)14-15-20-6-4-5-9-22(20)23-17-26-24(27-23)21-7-2-1-3-8-21/h1-13,17H,14-16,25H2,(H,26,27). The molecule has 3 aromatic carbocycles. The average molecular weight is 353 g/mol. The number of aromatic nitrogens is 2. The van der Waals surface area contributed by atoms with E-state index in [0.29, 0.717) is 6.54 Å². The van der Waals surface area contributed by atoms with Gasteiger partial charge in [-0.15, -0.1) is 0 Å². The van der Waals surface area contributed by atoms with Crippen LogP contribution in [-0.4, -0.2) is 9.97 Å². The van der Waals surface area contributed by atoms with Gasteiger partial charge in [-0.3, -0.25) is 0 Å². The van der Waals surface area contributed by atoms with E-state index in [0.717, 1.165) is 29.9 Å². The minimum atomic E-state index is 0.590. The smallest absolute Gasteiger partial charge is 0.137 e. The Morgan fingerprint density at radius 1 is 0.741 bits per heavy atom. The van der Waals surface area contributed by atoms with Gasteiger partial charge in [-0.05, 0) is 29.5 Å². The molecular weight excluding hydrogens is 330 g/mol. The number of imidazole rings is 1. The predicted octanol–water partition coefficient (Wildman–Crippen LogP) is 4.99. The second-order valence-electron chi connectivity index (χ2n) is 6.69. The van der Waals surface area contributed by atoms with E-state index in [1.807, 2.05) is 24.4 Å². The van der Waals surface area contributed by atoms with Gasteiger partial charge in [0.15, 0.2) is 0 Å². The number of rotatable bonds is 6. The second kappa shape index (κ2) is 8.02. The largest absolute Gasteiger partial charge is 0.338 e.